The van der Waals surface area contributed by atoms with Gasteiger partial charge in [0.15, 0.2) is 0 Å². The van der Waals surface area contributed by atoms with Crippen LogP contribution in [-0.4, -0.2) is 19.7 Å². The standard InChI is InChI=1S/C12H17N5/c1-9(11-5-4-6-13-7-11)14-8-12-16-15-10(2)17(12)3/h4-7,9,14H,8H2,1-3H3. The molecular weight excluding hydrogens is 214 g/mol. The molecule has 1 N–H and O–H groups in total. The van der Waals surface area contributed by atoms with E-state index in [2.05, 4.69) is 33.5 Å². The molecular formula is C12H17N5. The van der Waals surface area contributed by atoms with Gasteiger partial charge in [-0.1, -0.05) is 6.07 Å². The Morgan fingerprint density at radius 2 is 2.24 bits per heavy atom. The second-order valence-corrected chi connectivity index (χ2v) is 4.11. The Morgan fingerprint density at radius 3 is 2.82 bits per heavy atom. The number of aryl methyl sites for hydroxylation is 1. The molecule has 0 spiro atoms. The second-order valence-electron chi connectivity index (χ2n) is 4.11. The molecule has 1 atom stereocenters. The zero-order chi connectivity index (χ0) is 12.3. The number of aromatic nitrogens is 4. The number of rotatable bonds is 4. The monoisotopic (exact) mass is 231 g/mol. The van der Waals surface area contributed by atoms with Crippen molar-refractivity contribution in [2.75, 3.05) is 0 Å². The maximum atomic E-state index is 4.12. The van der Waals surface area contributed by atoms with Crippen LogP contribution in [-0.2, 0) is 13.6 Å². The maximum absolute atomic E-state index is 4.12. The third-order valence-corrected chi connectivity index (χ3v) is 2.93. The van der Waals surface area contributed by atoms with Gasteiger partial charge < -0.3 is 9.88 Å². The fourth-order valence-corrected chi connectivity index (χ4v) is 1.60. The Bertz CT molecular complexity index is 477. The highest BCUT2D eigenvalue weighted by Crippen LogP contribution is 2.10. The summed E-state index contributed by atoms with van der Waals surface area (Å²) >= 11 is 0. The van der Waals surface area contributed by atoms with E-state index in [9.17, 15) is 0 Å². The van der Waals surface area contributed by atoms with E-state index in [4.69, 9.17) is 0 Å². The Hall–Kier alpha value is -1.75. The van der Waals surface area contributed by atoms with Crippen molar-refractivity contribution in [3.63, 3.8) is 0 Å². The lowest BCUT2D eigenvalue weighted by Gasteiger charge is -2.13. The summed E-state index contributed by atoms with van der Waals surface area (Å²) in [5.41, 5.74) is 1.17. The van der Waals surface area contributed by atoms with Gasteiger partial charge in [0.25, 0.3) is 0 Å². The van der Waals surface area contributed by atoms with E-state index in [1.54, 1.807) is 6.20 Å². The Labute approximate surface area is 101 Å². The number of nitrogens with zero attached hydrogens (tertiary/aromatic N) is 4. The van der Waals surface area contributed by atoms with Crippen molar-refractivity contribution in [1.82, 2.24) is 25.1 Å². The van der Waals surface area contributed by atoms with Gasteiger partial charge in [-0.25, -0.2) is 0 Å². The van der Waals surface area contributed by atoms with Crippen molar-refractivity contribution in [2.45, 2.75) is 26.4 Å². The largest absolute Gasteiger partial charge is 0.317 e. The summed E-state index contributed by atoms with van der Waals surface area (Å²) in [7, 11) is 1.97. The molecule has 0 amide bonds. The van der Waals surface area contributed by atoms with E-state index in [0.29, 0.717) is 6.54 Å². The molecule has 0 saturated heterocycles. The van der Waals surface area contributed by atoms with Gasteiger partial charge in [-0.3, -0.25) is 4.98 Å². The van der Waals surface area contributed by atoms with Crippen LogP contribution in [0.1, 0.15) is 30.2 Å². The maximum Gasteiger partial charge on any atom is 0.146 e. The first-order chi connectivity index (χ1) is 8.18. The molecule has 0 bridgehead atoms. The summed E-state index contributed by atoms with van der Waals surface area (Å²) in [6.07, 6.45) is 3.65. The van der Waals surface area contributed by atoms with Crippen LogP contribution < -0.4 is 5.32 Å². The molecule has 5 heteroatoms. The highest BCUT2D eigenvalue weighted by atomic mass is 15.3. The zero-order valence-corrected chi connectivity index (χ0v) is 10.4. The summed E-state index contributed by atoms with van der Waals surface area (Å²) < 4.78 is 1.99. The molecule has 2 rings (SSSR count). The van der Waals surface area contributed by atoms with Crippen molar-refractivity contribution in [1.29, 1.82) is 0 Å². The predicted octanol–water partition coefficient (Wildman–Crippen LogP) is 1.37. The molecule has 0 fully saturated rings. The fraction of sp³-hybridized carbons (Fsp3) is 0.417. The van der Waals surface area contributed by atoms with E-state index in [1.165, 1.54) is 5.56 Å². The molecule has 1 unspecified atom stereocenters. The highest BCUT2D eigenvalue weighted by molar-refractivity contribution is 5.12. The predicted molar refractivity (Wildman–Crippen MR) is 65.2 cm³/mol. The van der Waals surface area contributed by atoms with Crippen LogP contribution in [0, 0.1) is 6.92 Å². The molecule has 90 valence electrons. The van der Waals surface area contributed by atoms with Crippen LogP contribution in [0.5, 0.6) is 0 Å². The second kappa shape index (κ2) is 5.05. The minimum atomic E-state index is 0.251. The van der Waals surface area contributed by atoms with Gasteiger partial charge >= 0.3 is 0 Å². The lowest BCUT2D eigenvalue weighted by atomic mass is 10.1. The SMILES string of the molecule is Cc1nnc(CNC(C)c2cccnc2)n1C. The van der Waals surface area contributed by atoms with E-state index in [-0.39, 0.29) is 6.04 Å². The van der Waals surface area contributed by atoms with Gasteiger partial charge in [-0.15, -0.1) is 10.2 Å². The van der Waals surface area contributed by atoms with Crippen LogP contribution in [0.2, 0.25) is 0 Å². The first-order valence-electron chi connectivity index (χ1n) is 5.66. The third kappa shape index (κ3) is 2.68. The van der Waals surface area contributed by atoms with Crippen LogP contribution >= 0.6 is 0 Å². The lowest BCUT2D eigenvalue weighted by molar-refractivity contribution is 0.546. The number of pyridine rings is 1. The Balaban J connectivity index is 1.97. The van der Waals surface area contributed by atoms with Gasteiger partial charge in [0.05, 0.1) is 6.54 Å². The molecule has 0 aliphatic rings. The highest BCUT2D eigenvalue weighted by Gasteiger charge is 2.08. The zero-order valence-electron chi connectivity index (χ0n) is 10.4. The quantitative estimate of drug-likeness (QED) is 0.863. The van der Waals surface area contributed by atoms with Gasteiger partial charge in [0, 0.05) is 25.5 Å². The average Bonchev–Trinajstić information content (AvgIpc) is 2.68. The third-order valence-electron chi connectivity index (χ3n) is 2.93. The summed E-state index contributed by atoms with van der Waals surface area (Å²) in [6, 6.07) is 4.26. The summed E-state index contributed by atoms with van der Waals surface area (Å²) in [5, 5.41) is 11.5. The summed E-state index contributed by atoms with van der Waals surface area (Å²) in [6.45, 7) is 4.76. The molecule has 0 aliphatic carbocycles. The van der Waals surface area contributed by atoms with Crippen molar-refractivity contribution in [2.24, 2.45) is 7.05 Å². The fourth-order valence-electron chi connectivity index (χ4n) is 1.60. The summed E-state index contributed by atoms with van der Waals surface area (Å²) in [5.74, 6) is 1.87. The molecule has 0 radical (unpaired) electrons. The minimum Gasteiger partial charge on any atom is -0.317 e. The van der Waals surface area contributed by atoms with E-state index in [1.807, 2.05) is 30.8 Å². The van der Waals surface area contributed by atoms with Crippen molar-refractivity contribution in [3.8, 4) is 0 Å². The van der Waals surface area contributed by atoms with Crippen LogP contribution in [0.4, 0.5) is 0 Å². The van der Waals surface area contributed by atoms with Crippen molar-refractivity contribution < 1.29 is 0 Å². The van der Waals surface area contributed by atoms with Gasteiger partial charge in [-0.2, -0.15) is 0 Å². The van der Waals surface area contributed by atoms with E-state index in [0.717, 1.165) is 11.6 Å². The van der Waals surface area contributed by atoms with Crippen LogP contribution in [0.3, 0.4) is 0 Å². The Kier molecular flexibility index (Phi) is 3.49. The molecule has 2 aromatic rings. The Morgan fingerprint density at radius 1 is 1.41 bits per heavy atom. The molecule has 2 aromatic heterocycles. The van der Waals surface area contributed by atoms with Crippen LogP contribution in [0.15, 0.2) is 24.5 Å². The first-order valence-corrected chi connectivity index (χ1v) is 5.66. The number of hydrogen-bond donors (Lipinski definition) is 1. The van der Waals surface area contributed by atoms with Gasteiger partial charge in [0.2, 0.25) is 0 Å². The normalized spacial score (nSPS) is 12.6. The lowest BCUT2D eigenvalue weighted by Crippen LogP contribution is -2.20. The van der Waals surface area contributed by atoms with Crippen molar-refractivity contribution >= 4 is 0 Å². The summed E-state index contributed by atoms with van der Waals surface area (Å²) in [4.78, 5) is 4.11. The number of hydrogen-bond acceptors (Lipinski definition) is 4. The van der Waals surface area contributed by atoms with Crippen molar-refractivity contribution in [3.05, 3.63) is 41.7 Å². The number of nitrogens with one attached hydrogen (secondary N) is 1. The van der Waals surface area contributed by atoms with E-state index < -0.39 is 0 Å². The molecule has 0 aliphatic heterocycles. The molecule has 5 nitrogen and oxygen atoms in total. The molecule has 0 aromatic carbocycles. The first kappa shape index (κ1) is 11.7. The smallest absolute Gasteiger partial charge is 0.146 e. The van der Waals surface area contributed by atoms with Gasteiger partial charge in [-0.05, 0) is 25.5 Å². The molecule has 0 saturated carbocycles. The molecule has 17 heavy (non-hydrogen) atoms. The molecule has 2 heterocycles. The van der Waals surface area contributed by atoms with Crippen LogP contribution in [0.25, 0.3) is 0 Å². The average molecular weight is 231 g/mol. The minimum absolute atomic E-state index is 0.251. The van der Waals surface area contributed by atoms with E-state index >= 15 is 0 Å². The topological polar surface area (TPSA) is 55.6 Å². The van der Waals surface area contributed by atoms with Gasteiger partial charge in [0.1, 0.15) is 11.6 Å².